The first-order valence-corrected chi connectivity index (χ1v) is 7.84. The molecule has 0 N–H and O–H groups in total. The second-order valence-electron chi connectivity index (χ2n) is 5.67. The molecular formula is C19H23IN2O. The lowest BCUT2D eigenvalue weighted by Crippen LogP contribution is -3.00. The van der Waals surface area contributed by atoms with E-state index in [4.69, 9.17) is 4.74 Å². The van der Waals surface area contributed by atoms with Crippen molar-refractivity contribution in [2.24, 2.45) is 0 Å². The molecule has 0 atom stereocenters. The zero-order chi connectivity index (χ0) is 15.4. The van der Waals surface area contributed by atoms with Crippen molar-refractivity contribution < 1.29 is 33.3 Å². The highest BCUT2D eigenvalue weighted by molar-refractivity contribution is 6.06. The summed E-state index contributed by atoms with van der Waals surface area (Å²) in [6, 6.07) is 19.0. The van der Waals surface area contributed by atoms with E-state index in [2.05, 4.69) is 59.0 Å². The van der Waals surface area contributed by atoms with Gasteiger partial charge in [-0.15, -0.1) is 0 Å². The lowest BCUT2D eigenvalue weighted by molar-refractivity contribution is -0.497. The van der Waals surface area contributed by atoms with Crippen molar-refractivity contribution in [3.8, 4) is 5.75 Å². The van der Waals surface area contributed by atoms with E-state index in [-0.39, 0.29) is 24.0 Å². The predicted molar refractivity (Wildman–Crippen MR) is 91.2 cm³/mol. The first kappa shape index (κ1) is 17.8. The lowest BCUT2D eigenvalue weighted by atomic mass is 10.1. The maximum absolute atomic E-state index is 5.28. The Hall–Kier alpha value is -1.56. The molecule has 1 aliphatic heterocycles. The van der Waals surface area contributed by atoms with Gasteiger partial charge in [0.2, 0.25) is 0 Å². The smallest absolute Gasteiger partial charge is 0.284 e. The highest BCUT2D eigenvalue weighted by atomic mass is 127. The van der Waals surface area contributed by atoms with Gasteiger partial charge in [0.25, 0.3) is 5.84 Å². The van der Waals surface area contributed by atoms with E-state index < -0.39 is 0 Å². The Bertz CT molecular complexity index is 653. The van der Waals surface area contributed by atoms with Crippen LogP contribution in [0.25, 0.3) is 0 Å². The van der Waals surface area contributed by atoms with Gasteiger partial charge in [-0.1, -0.05) is 18.2 Å². The van der Waals surface area contributed by atoms with Crippen molar-refractivity contribution in [1.82, 2.24) is 0 Å². The number of hydrogen-bond acceptors (Lipinski definition) is 2. The fourth-order valence-corrected chi connectivity index (χ4v) is 3.01. The second kappa shape index (κ2) is 8.34. The van der Waals surface area contributed by atoms with E-state index in [1.165, 1.54) is 29.9 Å². The Morgan fingerprint density at radius 1 is 0.957 bits per heavy atom. The average Bonchev–Trinajstić information content (AvgIpc) is 2.77. The number of hydrogen-bond donors (Lipinski definition) is 0. The molecular weight excluding hydrogens is 399 g/mol. The Kier molecular flexibility index (Phi) is 6.45. The van der Waals surface area contributed by atoms with Gasteiger partial charge in [-0.2, -0.15) is 0 Å². The van der Waals surface area contributed by atoms with Crippen LogP contribution in [0.4, 0.5) is 5.69 Å². The average molecular weight is 422 g/mol. The normalized spacial score (nSPS) is 15.0. The second-order valence-corrected chi connectivity index (χ2v) is 5.67. The van der Waals surface area contributed by atoms with Crippen LogP contribution < -0.4 is 33.6 Å². The van der Waals surface area contributed by atoms with Gasteiger partial charge in [-0.25, -0.2) is 4.90 Å². The molecule has 2 aromatic rings. The number of rotatable bonds is 3. The van der Waals surface area contributed by atoms with Crippen molar-refractivity contribution in [3.05, 3.63) is 60.2 Å². The molecule has 3 rings (SSSR count). The highest BCUT2D eigenvalue weighted by Gasteiger charge is 2.27. The molecule has 0 spiro atoms. The van der Waals surface area contributed by atoms with E-state index in [0.717, 1.165) is 18.8 Å². The summed E-state index contributed by atoms with van der Waals surface area (Å²) in [6.07, 6.45) is 2.42. The maximum atomic E-state index is 5.28. The van der Waals surface area contributed by atoms with E-state index >= 15 is 0 Å². The summed E-state index contributed by atoms with van der Waals surface area (Å²) in [5.41, 5.74) is 2.48. The number of methoxy groups -OCH3 is 1. The van der Waals surface area contributed by atoms with Gasteiger partial charge in [-0.3, -0.25) is 4.58 Å². The van der Waals surface area contributed by atoms with Gasteiger partial charge in [0.1, 0.15) is 11.4 Å². The summed E-state index contributed by atoms with van der Waals surface area (Å²) < 4.78 is 7.65. The van der Waals surface area contributed by atoms with Crippen LogP contribution in [0.3, 0.4) is 0 Å². The summed E-state index contributed by atoms with van der Waals surface area (Å²) in [5, 5.41) is 0. The summed E-state index contributed by atoms with van der Waals surface area (Å²) in [6.45, 7) is 2.14. The third-order valence-electron chi connectivity index (χ3n) is 4.16. The van der Waals surface area contributed by atoms with Crippen LogP contribution in [0, 0.1) is 0 Å². The van der Waals surface area contributed by atoms with Crippen LogP contribution in [0.15, 0.2) is 54.6 Å². The Morgan fingerprint density at radius 3 is 2.30 bits per heavy atom. The van der Waals surface area contributed by atoms with Crippen molar-refractivity contribution in [3.63, 3.8) is 0 Å². The molecule has 1 heterocycles. The van der Waals surface area contributed by atoms with Gasteiger partial charge >= 0.3 is 0 Å². The largest absolute Gasteiger partial charge is 1.00 e. The number of ether oxygens (including phenoxy) is 1. The van der Waals surface area contributed by atoms with Gasteiger partial charge in [0.05, 0.1) is 32.8 Å². The zero-order valence-corrected chi connectivity index (χ0v) is 15.9. The summed E-state index contributed by atoms with van der Waals surface area (Å²) in [4.78, 5) is 2.42. The molecule has 4 heteroatoms. The molecule has 0 unspecified atom stereocenters. The number of amidine groups is 1. The van der Waals surface area contributed by atoms with Crippen LogP contribution in [0.5, 0.6) is 5.75 Å². The third kappa shape index (κ3) is 4.05. The van der Waals surface area contributed by atoms with E-state index in [1.54, 1.807) is 7.11 Å². The van der Waals surface area contributed by atoms with Crippen LogP contribution in [-0.4, -0.2) is 37.7 Å². The summed E-state index contributed by atoms with van der Waals surface area (Å²) in [7, 11) is 3.89. The number of benzene rings is 2. The minimum Gasteiger partial charge on any atom is -1.00 e. The zero-order valence-electron chi connectivity index (χ0n) is 13.7. The molecule has 0 aromatic heterocycles. The summed E-state index contributed by atoms with van der Waals surface area (Å²) >= 11 is 0. The molecule has 3 nitrogen and oxygen atoms in total. The molecule has 23 heavy (non-hydrogen) atoms. The summed E-state index contributed by atoms with van der Waals surface area (Å²) in [5.74, 6) is 2.18. The standard InChI is InChI=1S/C19H23N2O.HI/c1-20-14-6-7-15-21(17-10-12-18(22-2)13-11-17)19(20)16-8-4-3-5-9-16;/h3-5,8-13H,6-7,14-15H2,1-2H3;1H/q+1;/p-1. The molecule has 0 saturated heterocycles. The molecule has 0 radical (unpaired) electrons. The van der Waals surface area contributed by atoms with Crippen molar-refractivity contribution in [2.45, 2.75) is 12.8 Å². The van der Waals surface area contributed by atoms with Crippen molar-refractivity contribution >= 4 is 11.5 Å². The Morgan fingerprint density at radius 2 is 1.65 bits per heavy atom. The maximum Gasteiger partial charge on any atom is 0.284 e. The van der Waals surface area contributed by atoms with Gasteiger partial charge < -0.3 is 28.7 Å². The molecule has 122 valence electrons. The first-order chi connectivity index (χ1) is 10.8. The SMILES string of the molecule is COc1ccc(N2CCCC[N+](C)=C2c2ccccc2)cc1.[I-]. The van der Waals surface area contributed by atoms with Crippen LogP contribution >= 0.6 is 0 Å². The molecule has 2 aromatic carbocycles. The first-order valence-electron chi connectivity index (χ1n) is 7.84. The molecule has 0 bridgehead atoms. The molecule has 1 aliphatic rings. The quantitative estimate of drug-likeness (QED) is 0.526. The lowest BCUT2D eigenvalue weighted by Gasteiger charge is -2.19. The minimum atomic E-state index is 0. The Balaban J connectivity index is 0.00000192. The number of anilines is 1. The molecule has 0 saturated carbocycles. The Labute approximate surface area is 155 Å². The van der Waals surface area contributed by atoms with Crippen molar-refractivity contribution in [1.29, 1.82) is 0 Å². The number of nitrogens with zero attached hydrogens (tertiary/aromatic N) is 2. The van der Waals surface area contributed by atoms with Crippen LogP contribution in [0.2, 0.25) is 0 Å². The third-order valence-corrected chi connectivity index (χ3v) is 4.16. The van der Waals surface area contributed by atoms with Gasteiger partial charge in [0, 0.05) is 0 Å². The topological polar surface area (TPSA) is 15.5 Å². The van der Waals surface area contributed by atoms with E-state index in [1.807, 2.05) is 12.1 Å². The van der Waals surface area contributed by atoms with Crippen LogP contribution in [-0.2, 0) is 0 Å². The van der Waals surface area contributed by atoms with Crippen LogP contribution in [0.1, 0.15) is 18.4 Å². The minimum absolute atomic E-state index is 0. The van der Waals surface area contributed by atoms with Crippen molar-refractivity contribution in [2.75, 3.05) is 32.1 Å². The molecule has 0 aliphatic carbocycles. The predicted octanol–water partition coefficient (Wildman–Crippen LogP) is 0.389. The van der Waals surface area contributed by atoms with Gasteiger partial charge in [0.15, 0.2) is 0 Å². The fraction of sp³-hybridized carbons (Fsp3) is 0.316. The van der Waals surface area contributed by atoms with Gasteiger partial charge in [-0.05, 0) is 49.2 Å². The van der Waals surface area contributed by atoms with E-state index in [0.29, 0.717) is 0 Å². The van der Waals surface area contributed by atoms with E-state index in [9.17, 15) is 0 Å². The highest BCUT2D eigenvalue weighted by Crippen LogP contribution is 2.23. The molecule has 0 fully saturated rings. The monoisotopic (exact) mass is 422 g/mol. The number of halogens is 1. The molecule has 0 amide bonds. The fourth-order valence-electron chi connectivity index (χ4n) is 3.01.